The van der Waals surface area contributed by atoms with Crippen molar-refractivity contribution >= 4 is 39.2 Å². The van der Waals surface area contributed by atoms with Gasteiger partial charge in [-0.25, -0.2) is 4.79 Å². The fraction of sp³-hybridized carbons (Fsp3) is 0.364. The number of nitrogens with one attached hydrogen (secondary N) is 3. The highest BCUT2D eigenvalue weighted by Crippen LogP contribution is 2.31. The number of hydrogen-bond acceptors (Lipinski definition) is 9. The lowest BCUT2D eigenvalue weighted by Crippen LogP contribution is -2.45. The van der Waals surface area contributed by atoms with Gasteiger partial charge in [-0.3, -0.25) is 19.8 Å². The lowest BCUT2D eigenvalue weighted by Gasteiger charge is -2.32. The first-order valence-corrected chi connectivity index (χ1v) is 16.0. The van der Waals surface area contributed by atoms with Crippen molar-refractivity contribution in [1.82, 2.24) is 20.1 Å². The maximum Gasteiger partial charge on any atom is 0.411 e. The number of phenolic OH excluding ortho intramolecular Hbond substituents is 1. The minimum atomic E-state index is -0.867. The van der Waals surface area contributed by atoms with Crippen LogP contribution < -0.4 is 15.5 Å². The second-order valence-electron chi connectivity index (χ2n) is 11.6. The van der Waals surface area contributed by atoms with Crippen LogP contribution in [0.1, 0.15) is 30.9 Å². The number of H-pyrrole nitrogens is 1. The molecule has 2 fully saturated rings. The standard InChI is InChI=1S/C33H37N5O6S/c39-27-11-10-25(31-30(27)36-33(43)45-31)28(40)18-34-22-12-17-38(19-22)29(41)20-37-15-13-23(14-16-37)44-32(42)35-26-9-5-4-8-24(26)21-6-2-1-3-7-21/h1-11,22-23,28,34,39-40H,12-20H2,(H,35,42)(H,36,43). The van der Waals surface area contributed by atoms with Crippen molar-refractivity contribution in [2.75, 3.05) is 44.6 Å². The Hall–Kier alpha value is -4.23. The number of anilines is 1. The zero-order valence-electron chi connectivity index (χ0n) is 24.8. The van der Waals surface area contributed by atoms with E-state index in [4.69, 9.17) is 4.74 Å². The summed E-state index contributed by atoms with van der Waals surface area (Å²) in [5.41, 5.74) is 3.54. The first-order chi connectivity index (χ1) is 21.8. The molecule has 0 aliphatic carbocycles. The van der Waals surface area contributed by atoms with Crippen molar-refractivity contribution in [2.24, 2.45) is 0 Å². The Morgan fingerprint density at radius 1 is 1.00 bits per heavy atom. The molecule has 12 heteroatoms. The third-order valence-electron chi connectivity index (χ3n) is 8.50. The number of aliphatic hydroxyl groups is 1. The van der Waals surface area contributed by atoms with Gasteiger partial charge in [0.05, 0.1) is 23.0 Å². The van der Waals surface area contributed by atoms with Crippen molar-refractivity contribution < 1.29 is 24.5 Å². The van der Waals surface area contributed by atoms with Gasteiger partial charge in [-0.1, -0.05) is 65.9 Å². The molecule has 4 aromatic rings. The topological polar surface area (TPSA) is 147 Å². The number of fused-ring (bicyclic) bond motifs is 1. The highest BCUT2D eigenvalue weighted by Gasteiger charge is 2.30. The summed E-state index contributed by atoms with van der Waals surface area (Å²) in [5.74, 6) is 0.0342. The van der Waals surface area contributed by atoms with Crippen LogP contribution in [-0.4, -0.2) is 88.4 Å². The van der Waals surface area contributed by atoms with E-state index in [9.17, 15) is 24.6 Å². The molecular formula is C33H37N5O6S. The van der Waals surface area contributed by atoms with E-state index in [1.807, 2.05) is 59.5 Å². The lowest BCUT2D eigenvalue weighted by atomic mass is 10.0. The molecule has 0 saturated carbocycles. The van der Waals surface area contributed by atoms with Gasteiger partial charge in [0.2, 0.25) is 5.91 Å². The smallest absolute Gasteiger partial charge is 0.411 e. The van der Waals surface area contributed by atoms with Crippen molar-refractivity contribution in [2.45, 2.75) is 37.5 Å². The minimum absolute atomic E-state index is 0.0276. The number of carbonyl (C=O) groups excluding carboxylic acids is 2. The number of piperidine rings is 1. The van der Waals surface area contributed by atoms with Crippen LogP contribution in [-0.2, 0) is 9.53 Å². The molecule has 2 aliphatic heterocycles. The Kier molecular flexibility index (Phi) is 9.45. The van der Waals surface area contributed by atoms with Gasteiger partial charge in [-0.05, 0) is 37.0 Å². The van der Waals surface area contributed by atoms with Gasteiger partial charge in [0.25, 0.3) is 0 Å². The van der Waals surface area contributed by atoms with E-state index in [0.717, 1.165) is 28.9 Å². The number of nitrogens with zero attached hydrogens (tertiary/aromatic N) is 2. The number of hydrogen-bond donors (Lipinski definition) is 5. The third-order valence-corrected chi connectivity index (χ3v) is 9.43. The molecule has 2 saturated heterocycles. The predicted octanol–water partition coefficient (Wildman–Crippen LogP) is 3.90. The van der Waals surface area contributed by atoms with Crippen LogP contribution in [0.4, 0.5) is 10.5 Å². The third kappa shape index (κ3) is 7.36. The lowest BCUT2D eigenvalue weighted by molar-refractivity contribution is -0.132. The number of benzene rings is 3. The van der Waals surface area contributed by atoms with E-state index < -0.39 is 12.2 Å². The quantitative estimate of drug-likeness (QED) is 0.187. The molecule has 45 heavy (non-hydrogen) atoms. The fourth-order valence-corrected chi connectivity index (χ4v) is 6.99. The number of aromatic amines is 1. The van der Waals surface area contributed by atoms with Crippen molar-refractivity contribution in [3.63, 3.8) is 0 Å². The molecule has 0 spiro atoms. The second kappa shape index (κ2) is 13.8. The molecular weight excluding hydrogens is 594 g/mol. The summed E-state index contributed by atoms with van der Waals surface area (Å²) in [6.45, 7) is 3.10. The van der Waals surface area contributed by atoms with Gasteiger partial charge < -0.3 is 30.2 Å². The van der Waals surface area contributed by atoms with Crippen LogP contribution in [0.25, 0.3) is 21.3 Å². The molecule has 2 atom stereocenters. The highest BCUT2D eigenvalue weighted by atomic mass is 32.1. The second-order valence-corrected chi connectivity index (χ2v) is 12.5. The Labute approximate surface area is 264 Å². The minimum Gasteiger partial charge on any atom is -0.506 e. The van der Waals surface area contributed by atoms with Crippen LogP contribution >= 0.6 is 11.3 Å². The zero-order chi connectivity index (χ0) is 31.3. The summed E-state index contributed by atoms with van der Waals surface area (Å²) in [4.78, 5) is 43.8. The predicted molar refractivity (Wildman–Crippen MR) is 174 cm³/mol. The average molecular weight is 632 g/mol. The number of rotatable bonds is 9. The number of amides is 2. The maximum atomic E-state index is 13.1. The van der Waals surface area contributed by atoms with Crippen LogP contribution in [0, 0.1) is 0 Å². The van der Waals surface area contributed by atoms with Crippen LogP contribution in [0.3, 0.4) is 0 Å². The summed E-state index contributed by atoms with van der Waals surface area (Å²) in [6.07, 6.45) is 0.529. The van der Waals surface area contributed by atoms with Crippen molar-refractivity contribution in [1.29, 1.82) is 0 Å². The van der Waals surface area contributed by atoms with Gasteiger partial charge in [-0.2, -0.15) is 0 Å². The molecule has 3 aromatic carbocycles. The summed E-state index contributed by atoms with van der Waals surface area (Å²) >= 11 is 0.959. The number of likely N-dealkylation sites (tertiary alicyclic amines) is 2. The highest BCUT2D eigenvalue weighted by molar-refractivity contribution is 7.16. The number of thiazole rings is 1. The molecule has 6 rings (SSSR count). The van der Waals surface area contributed by atoms with E-state index in [0.29, 0.717) is 67.0 Å². The zero-order valence-corrected chi connectivity index (χ0v) is 25.6. The van der Waals surface area contributed by atoms with E-state index >= 15 is 0 Å². The van der Waals surface area contributed by atoms with Gasteiger partial charge >= 0.3 is 11.0 Å². The molecule has 2 unspecified atom stereocenters. The Balaban J connectivity index is 0.923. The molecule has 1 aromatic heterocycles. The number of aromatic nitrogens is 1. The molecule has 3 heterocycles. The van der Waals surface area contributed by atoms with Crippen LogP contribution in [0.2, 0.25) is 0 Å². The van der Waals surface area contributed by atoms with Gasteiger partial charge in [-0.15, -0.1) is 0 Å². The molecule has 236 valence electrons. The molecule has 5 N–H and O–H groups in total. The fourth-order valence-electron chi connectivity index (χ4n) is 6.07. The summed E-state index contributed by atoms with van der Waals surface area (Å²) in [6, 6.07) is 20.7. The van der Waals surface area contributed by atoms with Gasteiger partial charge in [0.15, 0.2) is 0 Å². The Bertz CT molecular complexity index is 1700. The van der Waals surface area contributed by atoms with Gasteiger partial charge in [0.1, 0.15) is 17.4 Å². The summed E-state index contributed by atoms with van der Waals surface area (Å²) in [5, 5.41) is 27.1. The monoisotopic (exact) mass is 631 g/mol. The molecule has 2 amide bonds. The van der Waals surface area contributed by atoms with E-state index in [2.05, 4.69) is 20.5 Å². The SMILES string of the molecule is O=C(Nc1ccccc1-c1ccccc1)OC1CCN(CC(=O)N2CCC(NCC(O)c3ccc(O)c4[nH]c(=O)sc34)C2)CC1. The van der Waals surface area contributed by atoms with Crippen molar-refractivity contribution in [3.8, 4) is 16.9 Å². The maximum absolute atomic E-state index is 13.1. The van der Waals surface area contributed by atoms with E-state index in [1.165, 1.54) is 6.07 Å². The number of aliphatic hydroxyl groups excluding tert-OH is 1. The number of ether oxygens (including phenoxy) is 1. The number of carbonyl (C=O) groups is 2. The molecule has 2 aliphatic rings. The molecule has 11 nitrogen and oxygen atoms in total. The average Bonchev–Trinajstić information content (AvgIpc) is 3.69. The number of para-hydroxylation sites is 1. The Morgan fingerprint density at radius 2 is 1.76 bits per heavy atom. The van der Waals surface area contributed by atoms with Crippen LogP contribution in [0.5, 0.6) is 5.75 Å². The Morgan fingerprint density at radius 3 is 2.56 bits per heavy atom. The number of aromatic hydroxyl groups is 1. The van der Waals surface area contributed by atoms with E-state index in [1.54, 1.807) is 6.07 Å². The molecule has 0 radical (unpaired) electrons. The number of phenols is 1. The summed E-state index contributed by atoms with van der Waals surface area (Å²) in [7, 11) is 0. The molecule has 0 bridgehead atoms. The van der Waals surface area contributed by atoms with Crippen molar-refractivity contribution in [3.05, 3.63) is 82.0 Å². The van der Waals surface area contributed by atoms with E-state index in [-0.39, 0.29) is 35.2 Å². The normalized spacial score (nSPS) is 18.2. The first kappa shape index (κ1) is 30.8. The summed E-state index contributed by atoms with van der Waals surface area (Å²) < 4.78 is 6.27. The van der Waals surface area contributed by atoms with Gasteiger partial charge in [0, 0.05) is 49.9 Å². The van der Waals surface area contributed by atoms with Crippen LogP contribution in [0.15, 0.2) is 71.5 Å². The first-order valence-electron chi connectivity index (χ1n) is 15.2. The largest absolute Gasteiger partial charge is 0.506 e.